The van der Waals surface area contributed by atoms with E-state index in [1.54, 1.807) is 12.1 Å². The molecule has 0 unspecified atom stereocenters. The zero-order chi connectivity index (χ0) is 22.1. The third kappa shape index (κ3) is 4.53. The van der Waals surface area contributed by atoms with Crippen LogP contribution in [0, 0.1) is 6.92 Å². The van der Waals surface area contributed by atoms with Crippen molar-refractivity contribution in [2.75, 3.05) is 0 Å². The highest BCUT2D eigenvalue weighted by Crippen LogP contribution is 2.47. The van der Waals surface area contributed by atoms with Gasteiger partial charge in [0.1, 0.15) is 0 Å². The summed E-state index contributed by atoms with van der Waals surface area (Å²) in [6.45, 7) is 14.0. The molecular weight excluding hydrogens is 368 g/mol. The van der Waals surface area contributed by atoms with Crippen LogP contribution in [0.3, 0.4) is 0 Å². The number of carbonyl (C=O) groups is 1. The SMILES string of the molecule is CCCC/C(=C\c1ccc(C(=O)O)cc1)c1cc2c(cc1C)C(C)(C)CCC2(C)C. The van der Waals surface area contributed by atoms with Crippen molar-refractivity contribution in [1.82, 2.24) is 0 Å². The molecule has 3 rings (SSSR count). The Morgan fingerprint density at radius 2 is 1.57 bits per heavy atom. The number of fused-ring (bicyclic) bond motifs is 1. The minimum atomic E-state index is -0.882. The van der Waals surface area contributed by atoms with Crippen LogP contribution in [0.5, 0.6) is 0 Å². The summed E-state index contributed by atoms with van der Waals surface area (Å²) in [5.74, 6) is -0.882. The van der Waals surface area contributed by atoms with Gasteiger partial charge in [0.25, 0.3) is 0 Å². The standard InChI is InChI=1S/C28H36O2/c1-7-8-9-22(17-20-10-12-21(13-11-20)26(29)30)23-18-25-24(16-19(23)2)27(3,4)14-15-28(25,5)6/h10-13,16-18H,7-9,14-15H2,1-6H3,(H,29,30)/b22-17+. The Labute approximate surface area is 182 Å². The van der Waals surface area contributed by atoms with Gasteiger partial charge in [-0.15, -0.1) is 0 Å². The summed E-state index contributed by atoms with van der Waals surface area (Å²) in [5.41, 5.74) is 8.81. The van der Waals surface area contributed by atoms with Crippen molar-refractivity contribution in [3.8, 4) is 0 Å². The highest BCUT2D eigenvalue weighted by Gasteiger charge is 2.37. The van der Waals surface area contributed by atoms with Gasteiger partial charge in [0.15, 0.2) is 0 Å². The molecule has 0 fully saturated rings. The third-order valence-electron chi connectivity index (χ3n) is 6.84. The van der Waals surface area contributed by atoms with E-state index in [9.17, 15) is 9.90 Å². The number of rotatable bonds is 6. The monoisotopic (exact) mass is 404 g/mol. The van der Waals surface area contributed by atoms with Gasteiger partial charge in [-0.2, -0.15) is 0 Å². The lowest BCUT2D eigenvalue weighted by Gasteiger charge is -2.42. The van der Waals surface area contributed by atoms with Gasteiger partial charge in [-0.25, -0.2) is 4.79 Å². The topological polar surface area (TPSA) is 37.3 Å². The Morgan fingerprint density at radius 3 is 2.10 bits per heavy atom. The average molecular weight is 405 g/mol. The number of unbranched alkanes of at least 4 members (excludes halogenated alkanes) is 1. The van der Waals surface area contributed by atoms with Gasteiger partial charge in [-0.05, 0) is 89.0 Å². The molecule has 0 bridgehead atoms. The molecule has 0 amide bonds. The van der Waals surface area contributed by atoms with Crippen molar-refractivity contribution in [2.45, 2.75) is 84.5 Å². The van der Waals surface area contributed by atoms with E-state index >= 15 is 0 Å². The normalized spacial score (nSPS) is 17.5. The van der Waals surface area contributed by atoms with Crippen LogP contribution in [-0.4, -0.2) is 11.1 Å². The van der Waals surface area contributed by atoms with E-state index in [1.165, 1.54) is 40.7 Å². The molecule has 0 atom stereocenters. The van der Waals surface area contributed by atoms with E-state index < -0.39 is 5.97 Å². The quantitative estimate of drug-likeness (QED) is 0.499. The number of benzene rings is 2. The summed E-state index contributed by atoms with van der Waals surface area (Å²) in [7, 11) is 0. The number of aryl methyl sites for hydroxylation is 1. The first-order chi connectivity index (χ1) is 14.0. The molecule has 0 heterocycles. The maximum atomic E-state index is 11.2. The molecule has 160 valence electrons. The molecule has 1 aliphatic rings. The van der Waals surface area contributed by atoms with Crippen molar-refractivity contribution in [2.24, 2.45) is 0 Å². The lowest BCUT2D eigenvalue weighted by atomic mass is 9.62. The number of allylic oxidation sites excluding steroid dienone is 1. The van der Waals surface area contributed by atoms with Crippen LogP contribution in [0.2, 0.25) is 0 Å². The molecule has 1 aliphatic carbocycles. The van der Waals surface area contributed by atoms with Gasteiger partial charge >= 0.3 is 5.97 Å². The minimum Gasteiger partial charge on any atom is -0.478 e. The van der Waals surface area contributed by atoms with Crippen molar-refractivity contribution in [3.63, 3.8) is 0 Å². The lowest BCUT2D eigenvalue weighted by Crippen LogP contribution is -2.34. The molecule has 0 aliphatic heterocycles. The van der Waals surface area contributed by atoms with E-state index in [4.69, 9.17) is 0 Å². The van der Waals surface area contributed by atoms with Gasteiger partial charge in [0.05, 0.1) is 5.56 Å². The zero-order valence-corrected chi connectivity index (χ0v) is 19.4. The molecule has 2 aromatic carbocycles. The first-order valence-corrected chi connectivity index (χ1v) is 11.2. The van der Waals surface area contributed by atoms with Gasteiger partial charge in [-0.3, -0.25) is 0 Å². The van der Waals surface area contributed by atoms with Crippen molar-refractivity contribution in [3.05, 3.63) is 69.8 Å². The summed E-state index contributed by atoms with van der Waals surface area (Å²) in [5, 5.41) is 9.18. The Kier molecular flexibility index (Phi) is 6.26. The van der Waals surface area contributed by atoms with Crippen LogP contribution in [-0.2, 0) is 10.8 Å². The zero-order valence-electron chi connectivity index (χ0n) is 19.4. The second kappa shape index (κ2) is 8.41. The first-order valence-electron chi connectivity index (χ1n) is 11.2. The summed E-state index contributed by atoms with van der Waals surface area (Å²) in [6, 6.07) is 12.1. The molecule has 0 aromatic heterocycles. The van der Waals surface area contributed by atoms with Crippen LogP contribution in [0.4, 0.5) is 0 Å². The van der Waals surface area contributed by atoms with E-state index in [1.807, 2.05) is 12.1 Å². The summed E-state index contributed by atoms with van der Waals surface area (Å²) in [6.07, 6.45) is 8.00. The molecule has 2 aromatic rings. The molecule has 0 spiro atoms. The fourth-order valence-electron chi connectivity index (χ4n) is 4.64. The number of hydrogen-bond donors (Lipinski definition) is 1. The average Bonchev–Trinajstić information content (AvgIpc) is 2.69. The molecule has 1 N–H and O–H groups in total. The highest BCUT2D eigenvalue weighted by atomic mass is 16.4. The summed E-state index contributed by atoms with van der Waals surface area (Å²) >= 11 is 0. The second-order valence-electron chi connectivity index (χ2n) is 10.2. The van der Waals surface area contributed by atoms with Crippen LogP contribution in [0.1, 0.15) is 105 Å². The van der Waals surface area contributed by atoms with Crippen LogP contribution >= 0.6 is 0 Å². The minimum absolute atomic E-state index is 0.187. The second-order valence-corrected chi connectivity index (χ2v) is 10.2. The van der Waals surface area contributed by atoms with Crippen molar-refractivity contribution in [1.29, 1.82) is 0 Å². The predicted octanol–water partition coefficient (Wildman–Crippen LogP) is 7.77. The fourth-order valence-corrected chi connectivity index (χ4v) is 4.64. The molecule has 0 radical (unpaired) electrons. The number of aromatic carboxylic acids is 1. The number of carboxylic acid groups (broad SMARTS) is 1. The van der Waals surface area contributed by atoms with Crippen LogP contribution < -0.4 is 0 Å². The molecule has 2 nitrogen and oxygen atoms in total. The maximum Gasteiger partial charge on any atom is 0.335 e. The molecule has 2 heteroatoms. The van der Waals surface area contributed by atoms with Gasteiger partial charge < -0.3 is 5.11 Å². The van der Waals surface area contributed by atoms with Gasteiger partial charge in [0.2, 0.25) is 0 Å². The molecule has 30 heavy (non-hydrogen) atoms. The number of carboxylic acids is 1. The lowest BCUT2D eigenvalue weighted by molar-refractivity contribution is 0.0697. The Hall–Kier alpha value is -2.35. The van der Waals surface area contributed by atoms with Crippen molar-refractivity contribution < 1.29 is 9.90 Å². The van der Waals surface area contributed by atoms with E-state index in [-0.39, 0.29) is 10.8 Å². The largest absolute Gasteiger partial charge is 0.478 e. The first kappa shape index (κ1) is 22.3. The van der Waals surface area contributed by atoms with Crippen molar-refractivity contribution >= 4 is 17.6 Å². The maximum absolute atomic E-state index is 11.2. The smallest absolute Gasteiger partial charge is 0.335 e. The van der Waals surface area contributed by atoms with E-state index in [0.29, 0.717) is 5.56 Å². The van der Waals surface area contributed by atoms with E-state index in [0.717, 1.165) is 24.8 Å². The fraction of sp³-hybridized carbons (Fsp3) is 0.464. The Bertz CT molecular complexity index is 959. The third-order valence-corrected chi connectivity index (χ3v) is 6.84. The number of hydrogen-bond acceptors (Lipinski definition) is 1. The van der Waals surface area contributed by atoms with Crippen LogP contribution in [0.25, 0.3) is 11.6 Å². The Morgan fingerprint density at radius 1 is 1.00 bits per heavy atom. The Balaban J connectivity index is 2.11. The van der Waals surface area contributed by atoms with Gasteiger partial charge in [0, 0.05) is 0 Å². The predicted molar refractivity (Wildman–Crippen MR) is 127 cm³/mol. The highest BCUT2D eigenvalue weighted by molar-refractivity contribution is 5.89. The van der Waals surface area contributed by atoms with Crippen LogP contribution in [0.15, 0.2) is 36.4 Å². The molecule has 0 saturated carbocycles. The molecular formula is C28H36O2. The molecule has 0 saturated heterocycles. The van der Waals surface area contributed by atoms with Gasteiger partial charge in [-0.1, -0.05) is 71.4 Å². The summed E-state index contributed by atoms with van der Waals surface area (Å²) < 4.78 is 0. The van der Waals surface area contributed by atoms with E-state index in [2.05, 4.69) is 59.8 Å². The summed E-state index contributed by atoms with van der Waals surface area (Å²) in [4.78, 5) is 11.2.